The summed E-state index contributed by atoms with van der Waals surface area (Å²) in [6.07, 6.45) is 0. The molecule has 0 aliphatic heterocycles. The summed E-state index contributed by atoms with van der Waals surface area (Å²) in [5, 5.41) is 10.2. The van der Waals surface area contributed by atoms with Crippen LogP contribution in [0.3, 0.4) is 0 Å². The first-order chi connectivity index (χ1) is 12.1. The molecule has 0 heterocycles. The number of aliphatic hydroxyl groups is 1. The van der Waals surface area contributed by atoms with Gasteiger partial charge in [0.15, 0.2) is 0 Å². The van der Waals surface area contributed by atoms with Crippen LogP contribution in [0.2, 0.25) is 0 Å². The largest absolute Gasteiger partial charge is 0.465 e. The molecule has 0 aliphatic rings. The van der Waals surface area contributed by atoms with Gasteiger partial charge in [-0.25, -0.2) is 13.6 Å². The zero-order chi connectivity index (χ0) is 19.9. The van der Waals surface area contributed by atoms with E-state index in [9.17, 15) is 18.7 Å². The van der Waals surface area contributed by atoms with Gasteiger partial charge in [-0.1, -0.05) is 28.1 Å². The second kappa shape index (κ2) is 13.1. The number of alkyl halides is 1. The topological polar surface area (TPSA) is 72.6 Å². The number of carbonyl (C=O) groups excluding carboxylic acids is 1. The quantitative estimate of drug-likeness (QED) is 0.255. The van der Waals surface area contributed by atoms with Crippen LogP contribution in [0.5, 0.6) is 0 Å². The van der Waals surface area contributed by atoms with Crippen LogP contribution in [-0.4, -0.2) is 18.2 Å². The molecule has 2 aromatic carbocycles. The van der Waals surface area contributed by atoms with Crippen molar-refractivity contribution in [1.29, 1.82) is 0 Å². The van der Waals surface area contributed by atoms with Gasteiger partial charge in [-0.2, -0.15) is 0 Å². The number of ether oxygens (including phenoxy) is 1. The van der Waals surface area contributed by atoms with Crippen LogP contribution in [-0.2, 0) is 42.6 Å². The average Bonchev–Trinajstić information content (AvgIpc) is 2.61. The molecule has 0 fully saturated rings. The first-order valence-corrected chi connectivity index (χ1v) is 8.90. The first kappa shape index (κ1) is 29.0. The molecule has 0 aliphatic carbocycles. The van der Waals surface area contributed by atoms with Crippen molar-refractivity contribution >= 4 is 21.9 Å². The van der Waals surface area contributed by atoms with E-state index in [0.29, 0.717) is 11.9 Å². The Balaban J connectivity index is 0. The summed E-state index contributed by atoms with van der Waals surface area (Å²) in [5.74, 6) is -1.61. The van der Waals surface area contributed by atoms with Crippen molar-refractivity contribution in [3.8, 4) is 0 Å². The molecular formula is C20H25BrF2NO3Pd-. The summed E-state index contributed by atoms with van der Waals surface area (Å²) < 4.78 is 30.7. The summed E-state index contributed by atoms with van der Waals surface area (Å²) in [6.45, 7) is 3.45. The summed E-state index contributed by atoms with van der Waals surface area (Å²) in [5.41, 5.74) is 6.16. The molecule has 160 valence electrons. The monoisotopic (exact) mass is 550 g/mol. The molecule has 8 heteroatoms. The Labute approximate surface area is 187 Å². The number of nitrogens with two attached hydrogens (primary N) is 1. The standard InChI is InChI=1S/C10H14FNO.C9H8BrFO2.CH3.Pd/c1-10(2,13)8-5-7(6-12)3-4-9(8)11;1-13-9(12)7-4-6(5-10)2-3-8(7)11;;/h3-5,13H,6,12H2,1-2H3;2-4H,5H2,1H3;1H3;/q;;-1;. The minimum Gasteiger partial charge on any atom is -0.465 e. The Morgan fingerprint density at radius 3 is 2.14 bits per heavy atom. The van der Waals surface area contributed by atoms with Crippen molar-refractivity contribution < 1.29 is 43.8 Å². The number of esters is 1. The zero-order valence-corrected chi connectivity index (χ0v) is 19.3. The number of carbonyl (C=O) groups is 1. The molecule has 0 saturated heterocycles. The van der Waals surface area contributed by atoms with Crippen LogP contribution in [0.15, 0.2) is 36.4 Å². The molecule has 0 aromatic heterocycles. The van der Waals surface area contributed by atoms with Crippen molar-refractivity contribution in [2.24, 2.45) is 5.73 Å². The Morgan fingerprint density at radius 2 is 1.68 bits per heavy atom. The molecule has 0 spiro atoms. The minimum atomic E-state index is -1.16. The molecule has 3 N–H and O–H groups in total. The van der Waals surface area contributed by atoms with E-state index in [2.05, 4.69) is 20.7 Å². The van der Waals surface area contributed by atoms with E-state index in [4.69, 9.17) is 5.73 Å². The van der Waals surface area contributed by atoms with E-state index >= 15 is 0 Å². The summed E-state index contributed by atoms with van der Waals surface area (Å²) in [4.78, 5) is 11.0. The fourth-order valence-corrected chi connectivity index (χ4v) is 2.44. The Kier molecular flexibility index (Phi) is 13.6. The van der Waals surface area contributed by atoms with Crippen molar-refractivity contribution in [1.82, 2.24) is 0 Å². The molecule has 4 nitrogen and oxygen atoms in total. The molecule has 28 heavy (non-hydrogen) atoms. The van der Waals surface area contributed by atoms with Crippen LogP contribution in [0.25, 0.3) is 0 Å². The second-order valence-electron chi connectivity index (χ2n) is 6.02. The maximum Gasteiger partial charge on any atom is 0.340 e. The number of halogens is 3. The van der Waals surface area contributed by atoms with E-state index in [1.807, 2.05) is 0 Å². The molecule has 0 saturated carbocycles. The van der Waals surface area contributed by atoms with E-state index in [1.165, 1.54) is 25.3 Å². The van der Waals surface area contributed by atoms with Gasteiger partial charge in [0.2, 0.25) is 0 Å². The fraction of sp³-hybridized carbons (Fsp3) is 0.300. The maximum absolute atomic E-state index is 13.2. The second-order valence-corrected chi connectivity index (χ2v) is 6.58. The third-order valence-electron chi connectivity index (χ3n) is 3.52. The van der Waals surface area contributed by atoms with Gasteiger partial charge in [0, 0.05) is 37.9 Å². The summed E-state index contributed by atoms with van der Waals surface area (Å²) in [7, 11) is 1.22. The van der Waals surface area contributed by atoms with Crippen LogP contribution in [0.4, 0.5) is 8.78 Å². The van der Waals surface area contributed by atoms with Gasteiger partial charge >= 0.3 is 5.97 Å². The van der Waals surface area contributed by atoms with Crippen molar-refractivity contribution in [3.05, 3.63) is 77.7 Å². The number of methoxy groups -OCH3 is 1. The molecule has 0 bridgehead atoms. The number of hydrogen-bond donors (Lipinski definition) is 2. The van der Waals surface area contributed by atoms with Crippen LogP contribution in [0, 0.1) is 19.1 Å². The van der Waals surface area contributed by atoms with E-state index in [1.54, 1.807) is 32.0 Å². The number of hydrogen-bond acceptors (Lipinski definition) is 4. The predicted molar refractivity (Wildman–Crippen MR) is 106 cm³/mol. The number of rotatable bonds is 4. The van der Waals surface area contributed by atoms with Gasteiger partial charge in [0.25, 0.3) is 0 Å². The average molecular weight is 552 g/mol. The van der Waals surface area contributed by atoms with Crippen LogP contribution < -0.4 is 5.73 Å². The van der Waals surface area contributed by atoms with Crippen LogP contribution in [0.1, 0.15) is 40.9 Å². The van der Waals surface area contributed by atoms with Gasteiger partial charge in [-0.05, 0) is 49.2 Å². The molecule has 0 unspecified atom stereocenters. The maximum atomic E-state index is 13.2. The van der Waals surface area contributed by atoms with Gasteiger partial charge in [0.05, 0.1) is 18.3 Å². The van der Waals surface area contributed by atoms with Gasteiger partial charge < -0.3 is 23.0 Å². The summed E-state index contributed by atoms with van der Waals surface area (Å²) in [6, 6.07) is 8.87. The third-order valence-corrected chi connectivity index (χ3v) is 4.16. The molecular weight excluding hydrogens is 527 g/mol. The van der Waals surface area contributed by atoms with Gasteiger partial charge in [-0.15, -0.1) is 0 Å². The molecule has 0 radical (unpaired) electrons. The third kappa shape index (κ3) is 8.46. The SMILES string of the molecule is CC(C)(O)c1cc(CN)ccc1F.COC(=O)c1cc(CBr)ccc1F.[CH3-].[Pd]. The molecule has 0 amide bonds. The van der Waals surface area contributed by atoms with Crippen molar-refractivity contribution in [2.45, 2.75) is 31.3 Å². The first-order valence-electron chi connectivity index (χ1n) is 7.78. The van der Waals surface area contributed by atoms with E-state index in [0.717, 1.165) is 11.1 Å². The minimum absolute atomic E-state index is 0. The Hall–Kier alpha value is -1.17. The Bertz CT molecular complexity index is 768. The van der Waals surface area contributed by atoms with Crippen molar-refractivity contribution in [2.75, 3.05) is 7.11 Å². The van der Waals surface area contributed by atoms with E-state index in [-0.39, 0.29) is 39.0 Å². The Morgan fingerprint density at radius 1 is 1.14 bits per heavy atom. The smallest absolute Gasteiger partial charge is 0.340 e. The summed E-state index contributed by atoms with van der Waals surface area (Å²) >= 11 is 3.21. The predicted octanol–water partition coefficient (Wildman–Crippen LogP) is 4.47. The molecule has 2 rings (SSSR count). The van der Waals surface area contributed by atoms with Gasteiger partial charge in [0.1, 0.15) is 11.6 Å². The van der Waals surface area contributed by atoms with Gasteiger partial charge in [-0.3, -0.25) is 0 Å². The normalized spacial score (nSPS) is 10.0. The van der Waals surface area contributed by atoms with Crippen LogP contribution >= 0.6 is 15.9 Å². The molecule has 2 aromatic rings. The van der Waals surface area contributed by atoms with Crippen molar-refractivity contribution in [3.63, 3.8) is 0 Å². The number of benzene rings is 2. The fourth-order valence-electron chi connectivity index (χ4n) is 2.09. The zero-order valence-electron chi connectivity index (χ0n) is 16.2. The van der Waals surface area contributed by atoms with E-state index < -0.39 is 23.2 Å². The molecule has 0 atom stereocenters.